The van der Waals surface area contributed by atoms with Crippen molar-refractivity contribution in [1.82, 2.24) is 0 Å². The van der Waals surface area contributed by atoms with Crippen LogP contribution in [0.5, 0.6) is 5.75 Å². The Kier molecular flexibility index (Phi) is 6.47. The van der Waals surface area contributed by atoms with Gasteiger partial charge in [-0.25, -0.2) is 4.57 Å². The van der Waals surface area contributed by atoms with Gasteiger partial charge in [0.05, 0.1) is 4.92 Å². The van der Waals surface area contributed by atoms with Crippen LogP contribution in [0.15, 0.2) is 73.1 Å². The smallest absolute Gasteiger partial charge is 0.269 e. The van der Waals surface area contributed by atoms with E-state index in [4.69, 9.17) is 0 Å². The van der Waals surface area contributed by atoms with E-state index in [0.717, 1.165) is 16.7 Å². The van der Waals surface area contributed by atoms with Crippen molar-refractivity contribution in [3.63, 3.8) is 0 Å². The normalized spacial score (nSPS) is 10.5. The topological polar surface area (TPSA) is 67.2 Å². The van der Waals surface area contributed by atoms with Crippen LogP contribution >= 0.6 is 0 Å². The fourth-order valence-corrected chi connectivity index (χ4v) is 2.44. The Morgan fingerprint density at radius 1 is 0.962 bits per heavy atom. The number of aromatic nitrogens is 1. The van der Waals surface area contributed by atoms with Crippen molar-refractivity contribution in [3.05, 3.63) is 99.9 Å². The van der Waals surface area contributed by atoms with Crippen molar-refractivity contribution in [3.8, 4) is 5.75 Å². The number of rotatable bonds is 5. The van der Waals surface area contributed by atoms with E-state index in [1.165, 1.54) is 6.07 Å². The van der Waals surface area contributed by atoms with Crippen LogP contribution < -0.4 is 17.0 Å². The molecule has 0 saturated carbocycles. The molecule has 0 amide bonds. The summed E-state index contributed by atoms with van der Waals surface area (Å²) in [6.07, 6.45) is 7.84. The number of nitro benzene ring substituents is 1. The number of benzene rings is 2. The number of phenols is 1. The van der Waals surface area contributed by atoms with Crippen LogP contribution in [0.25, 0.3) is 12.2 Å². The molecule has 0 fully saturated rings. The van der Waals surface area contributed by atoms with Gasteiger partial charge in [0.1, 0.15) is 5.75 Å². The second-order valence-electron chi connectivity index (χ2n) is 5.66. The molecule has 1 aromatic heterocycles. The molecule has 132 valence electrons. The molecule has 5 nitrogen and oxygen atoms in total. The van der Waals surface area contributed by atoms with E-state index >= 15 is 0 Å². The molecule has 1 N–H and O–H groups in total. The van der Waals surface area contributed by atoms with Gasteiger partial charge < -0.3 is 17.5 Å². The number of nitrogens with zero attached hydrogens (tertiary/aromatic N) is 2. The van der Waals surface area contributed by atoms with Crippen LogP contribution in [-0.2, 0) is 6.54 Å². The largest absolute Gasteiger partial charge is 1.00 e. The van der Waals surface area contributed by atoms with Gasteiger partial charge in [-0.1, -0.05) is 36.4 Å². The van der Waals surface area contributed by atoms with Crippen molar-refractivity contribution in [2.45, 2.75) is 6.54 Å². The molecule has 0 aliphatic rings. The maximum absolute atomic E-state index is 10.8. The summed E-state index contributed by atoms with van der Waals surface area (Å²) in [7, 11) is 0. The minimum absolute atomic E-state index is 0. The molecule has 1 heterocycles. The zero-order valence-corrected chi connectivity index (χ0v) is 14.6. The Hall–Kier alpha value is -3.18. The van der Waals surface area contributed by atoms with Gasteiger partial charge in [0.15, 0.2) is 18.9 Å². The van der Waals surface area contributed by atoms with Crippen molar-refractivity contribution in [1.29, 1.82) is 0 Å². The average molecular weight is 369 g/mol. The minimum atomic E-state index is -0.384. The summed E-state index contributed by atoms with van der Waals surface area (Å²) in [4.78, 5) is 10.5. The van der Waals surface area contributed by atoms with Gasteiger partial charge in [0.2, 0.25) is 0 Å². The molecule has 0 aliphatic carbocycles. The predicted molar refractivity (Wildman–Crippen MR) is 95.9 cm³/mol. The Morgan fingerprint density at radius 3 is 2.19 bits per heavy atom. The maximum Gasteiger partial charge on any atom is 0.269 e. The first-order valence-corrected chi connectivity index (χ1v) is 7.80. The van der Waals surface area contributed by atoms with Gasteiger partial charge in [0, 0.05) is 29.8 Å². The summed E-state index contributed by atoms with van der Waals surface area (Å²) in [5.74, 6) is 0.249. The molecule has 3 aromatic rings. The van der Waals surface area contributed by atoms with E-state index < -0.39 is 0 Å². The highest BCUT2D eigenvalue weighted by Gasteiger charge is 2.08. The van der Waals surface area contributed by atoms with Crippen molar-refractivity contribution >= 4 is 17.8 Å². The Labute approximate surface area is 157 Å². The fourth-order valence-electron chi connectivity index (χ4n) is 2.44. The summed E-state index contributed by atoms with van der Waals surface area (Å²) in [6, 6.07) is 17.6. The van der Waals surface area contributed by atoms with E-state index in [1.807, 2.05) is 59.4 Å². The van der Waals surface area contributed by atoms with Gasteiger partial charge in [-0.2, -0.15) is 0 Å². The van der Waals surface area contributed by atoms with Crippen molar-refractivity contribution in [2.75, 3.05) is 0 Å². The number of halogens is 1. The highest BCUT2D eigenvalue weighted by Crippen LogP contribution is 2.14. The SMILES string of the molecule is O=[N+]([O-])c1cccc(C[n+]2ccc(/C=C/c3ccc(O)cc3)cc2)c1.[Cl-]. The summed E-state index contributed by atoms with van der Waals surface area (Å²) < 4.78 is 1.97. The Morgan fingerprint density at radius 2 is 1.58 bits per heavy atom. The average Bonchev–Trinajstić information content (AvgIpc) is 2.63. The van der Waals surface area contributed by atoms with E-state index in [0.29, 0.717) is 6.54 Å². The van der Waals surface area contributed by atoms with Crippen LogP contribution in [0.3, 0.4) is 0 Å². The molecule has 0 spiro atoms. The fraction of sp³-hybridized carbons (Fsp3) is 0.0500. The molecular formula is C20H17ClN2O3. The van der Waals surface area contributed by atoms with E-state index in [1.54, 1.807) is 24.3 Å². The van der Waals surface area contributed by atoms with Crippen molar-refractivity contribution in [2.24, 2.45) is 0 Å². The van der Waals surface area contributed by atoms with Crippen LogP contribution in [0.2, 0.25) is 0 Å². The zero-order valence-electron chi connectivity index (χ0n) is 13.8. The summed E-state index contributed by atoms with van der Waals surface area (Å²) in [6.45, 7) is 0.573. The molecule has 0 saturated heterocycles. The third kappa shape index (κ3) is 5.16. The third-order valence-electron chi connectivity index (χ3n) is 3.76. The molecule has 3 rings (SSSR count). The minimum Gasteiger partial charge on any atom is -1.00 e. The second-order valence-corrected chi connectivity index (χ2v) is 5.66. The predicted octanol–water partition coefficient (Wildman–Crippen LogP) is 0.811. The van der Waals surface area contributed by atoms with Crippen LogP contribution in [0.4, 0.5) is 5.69 Å². The molecule has 26 heavy (non-hydrogen) atoms. The zero-order chi connectivity index (χ0) is 17.6. The van der Waals surface area contributed by atoms with Gasteiger partial charge in [-0.05, 0) is 23.3 Å². The molecule has 2 aromatic carbocycles. The first kappa shape index (κ1) is 19.1. The van der Waals surface area contributed by atoms with Crippen molar-refractivity contribution < 1.29 is 27.0 Å². The molecular weight excluding hydrogens is 352 g/mol. The van der Waals surface area contributed by atoms with Crippen LogP contribution in [0.1, 0.15) is 16.7 Å². The number of nitro groups is 1. The number of aromatic hydroxyl groups is 1. The summed E-state index contributed by atoms with van der Waals surface area (Å²) in [5.41, 5.74) is 3.03. The van der Waals surface area contributed by atoms with Crippen LogP contribution in [0, 0.1) is 10.1 Å². The molecule has 6 heteroatoms. The lowest BCUT2D eigenvalue weighted by Gasteiger charge is -1.99. The van der Waals surface area contributed by atoms with Gasteiger partial charge in [-0.15, -0.1) is 0 Å². The maximum atomic E-state index is 10.8. The molecule has 0 atom stereocenters. The quantitative estimate of drug-likeness (QED) is 0.412. The monoisotopic (exact) mass is 368 g/mol. The van der Waals surface area contributed by atoms with Gasteiger partial charge in [-0.3, -0.25) is 10.1 Å². The molecule has 0 bridgehead atoms. The summed E-state index contributed by atoms with van der Waals surface area (Å²) >= 11 is 0. The standard InChI is InChI=1S/C20H16N2O3.ClH/c23-20-8-6-16(7-9-20)4-5-17-10-12-21(13-11-17)15-18-2-1-3-19(14-18)22(24)25;/h1-14H,15H2;1H. The van der Waals surface area contributed by atoms with Gasteiger partial charge >= 0.3 is 0 Å². The first-order chi connectivity index (χ1) is 12.1. The number of pyridine rings is 1. The lowest BCUT2D eigenvalue weighted by molar-refractivity contribution is -0.688. The lowest BCUT2D eigenvalue weighted by Crippen LogP contribution is -3.00. The molecule has 0 aliphatic heterocycles. The Bertz CT molecular complexity index is 907. The van der Waals surface area contributed by atoms with E-state index in [-0.39, 0.29) is 28.8 Å². The Balaban J connectivity index is 0.00000243. The number of phenolic OH excluding ortho intramolecular Hbond substituents is 1. The third-order valence-corrected chi connectivity index (χ3v) is 3.76. The van der Waals surface area contributed by atoms with E-state index in [9.17, 15) is 15.2 Å². The second kappa shape index (κ2) is 8.78. The highest BCUT2D eigenvalue weighted by molar-refractivity contribution is 5.69. The van der Waals surface area contributed by atoms with E-state index in [2.05, 4.69) is 0 Å². The number of hydrogen-bond acceptors (Lipinski definition) is 3. The first-order valence-electron chi connectivity index (χ1n) is 7.80. The molecule has 0 unspecified atom stereocenters. The highest BCUT2D eigenvalue weighted by atomic mass is 35.5. The number of non-ortho nitro benzene ring substituents is 1. The summed E-state index contributed by atoms with van der Waals surface area (Å²) in [5, 5.41) is 20.1. The van der Waals surface area contributed by atoms with Gasteiger partial charge in [0.25, 0.3) is 5.69 Å². The van der Waals surface area contributed by atoms with Crippen LogP contribution in [-0.4, -0.2) is 10.0 Å². The molecule has 0 radical (unpaired) electrons. The lowest BCUT2D eigenvalue weighted by atomic mass is 10.1. The number of hydrogen-bond donors (Lipinski definition) is 1.